The Labute approximate surface area is 168 Å². The molecule has 0 radical (unpaired) electrons. The van der Waals surface area contributed by atoms with Gasteiger partial charge in [-0.3, -0.25) is 19.3 Å². The molecule has 3 aromatic rings. The summed E-state index contributed by atoms with van der Waals surface area (Å²) in [6.45, 7) is -0.216. The number of rotatable bonds is 4. The monoisotopic (exact) mass is 384 g/mol. The Morgan fingerprint density at radius 3 is 2.21 bits per heavy atom. The van der Waals surface area contributed by atoms with E-state index in [0.717, 1.165) is 22.2 Å². The molecule has 1 aliphatic heterocycles. The Kier molecular flexibility index (Phi) is 4.16. The zero-order valence-corrected chi connectivity index (χ0v) is 15.8. The quantitative estimate of drug-likeness (QED) is 0.420. The van der Waals surface area contributed by atoms with Crippen LogP contribution in [0.5, 0.6) is 0 Å². The number of H-pyrrole nitrogens is 1. The van der Waals surface area contributed by atoms with E-state index in [1.807, 2.05) is 66.7 Å². The van der Waals surface area contributed by atoms with Crippen molar-refractivity contribution in [2.75, 3.05) is 6.54 Å². The Balaban J connectivity index is 1.53. The lowest BCUT2D eigenvalue weighted by Crippen LogP contribution is -2.36. The van der Waals surface area contributed by atoms with E-state index in [-0.39, 0.29) is 36.0 Å². The van der Waals surface area contributed by atoms with Crippen molar-refractivity contribution in [1.82, 2.24) is 9.88 Å². The minimum Gasteiger partial charge on any atom is -0.354 e. The molecule has 2 atom stereocenters. The summed E-state index contributed by atoms with van der Waals surface area (Å²) < 4.78 is 0. The molecule has 2 aromatic carbocycles. The number of hydrogen-bond acceptors (Lipinski definition) is 3. The van der Waals surface area contributed by atoms with Crippen LogP contribution in [-0.2, 0) is 9.59 Å². The van der Waals surface area contributed by atoms with Crippen LogP contribution in [-0.4, -0.2) is 34.0 Å². The first-order chi connectivity index (χ1) is 14.1. The average molecular weight is 384 g/mol. The topological polar surface area (TPSA) is 70.2 Å². The van der Waals surface area contributed by atoms with E-state index in [2.05, 4.69) is 4.98 Å². The maximum atomic E-state index is 13.4. The second kappa shape index (κ2) is 6.85. The maximum absolute atomic E-state index is 13.4. The van der Waals surface area contributed by atoms with E-state index in [4.69, 9.17) is 0 Å². The molecule has 0 saturated carbocycles. The first kappa shape index (κ1) is 17.6. The van der Waals surface area contributed by atoms with Gasteiger partial charge in [-0.25, -0.2) is 0 Å². The number of carbonyl (C=O) groups is 3. The van der Waals surface area contributed by atoms with Gasteiger partial charge in [0.1, 0.15) is 0 Å². The van der Waals surface area contributed by atoms with E-state index in [1.54, 1.807) is 0 Å². The summed E-state index contributed by atoms with van der Waals surface area (Å²) in [6, 6.07) is 17.2. The highest BCUT2D eigenvalue weighted by atomic mass is 16.2. The van der Waals surface area contributed by atoms with Crippen LogP contribution in [0.3, 0.4) is 0 Å². The molecular weight excluding hydrogens is 364 g/mol. The van der Waals surface area contributed by atoms with E-state index in [0.29, 0.717) is 18.4 Å². The zero-order chi connectivity index (χ0) is 20.0. The van der Waals surface area contributed by atoms with Crippen molar-refractivity contribution in [2.24, 2.45) is 11.8 Å². The van der Waals surface area contributed by atoms with Crippen LogP contribution in [0, 0.1) is 11.8 Å². The van der Waals surface area contributed by atoms with Crippen LogP contribution in [0.4, 0.5) is 0 Å². The van der Waals surface area contributed by atoms with Crippen molar-refractivity contribution in [3.8, 4) is 11.3 Å². The van der Waals surface area contributed by atoms with Gasteiger partial charge in [0.15, 0.2) is 5.78 Å². The van der Waals surface area contributed by atoms with Gasteiger partial charge in [-0.05, 0) is 24.5 Å². The average Bonchev–Trinajstić information content (AvgIpc) is 3.26. The predicted molar refractivity (Wildman–Crippen MR) is 110 cm³/mol. The summed E-state index contributed by atoms with van der Waals surface area (Å²) in [5, 5.41) is 0.800. The first-order valence-corrected chi connectivity index (χ1v) is 9.84. The second-order valence-corrected chi connectivity index (χ2v) is 7.63. The number of fused-ring (bicyclic) bond motifs is 2. The standard InChI is InChI=1S/C24H20N2O3/c27-20(14-26-23(28)16-10-4-5-11-17(16)24(26)29)21-18-12-6-7-13-19(18)25-22(21)15-8-2-1-3-9-15/h1-9,12-13,16-17,25H,10-11,14H2/t16-,17-/m0/s1. The SMILES string of the molecule is O=C(CN1C(=O)[C@H]2CC=CC[C@@H]2C1=O)c1c(-c2ccccc2)[nH]c2ccccc12. The lowest BCUT2D eigenvalue weighted by atomic mass is 9.85. The summed E-state index contributed by atoms with van der Waals surface area (Å²) >= 11 is 0. The molecule has 0 bridgehead atoms. The lowest BCUT2D eigenvalue weighted by molar-refractivity contribution is -0.139. The zero-order valence-electron chi connectivity index (χ0n) is 15.8. The molecule has 144 valence electrons. The summed E-state index contributed by atoms with van der Waals surface area (Å²) in [7, 11) is 0. The van der Waals surface area contributed by atoms with Gasteiger partial charge in [0.05, 0.1) is 29.6 Å². The number of benzene rings is 2. The number of ketones is 1. The third-order valence-electron chi connectivity index (χ3n) is 5.95. The summed E-state index contributed by atoms with van der Waals surface area (Å²) in [6.07, 6.45) is 5.04. The van der Waals surface area contributed by atoms with Crippen LogP contribution >= 0.6 is 0 Å². The van der Waals surface area contributed by atoms with Crippen LogP contribution in [0.25, 0.3) is 22.2 Å². The van der Waals surface area contributed by atoms with E-state index in [9.17, 15) is 14.4 Å². The van der Waals surface area contributed by atoms with Crippen molar-refractivity contribution < 1.29 is 14.4 Å². The van der Waals surface area contributed by atoms with Gasteiger partial charge in [0.2, 0.25) is 11.8 Å². The van der Waals surface area contributed by atoms with Gasteiger partial charge in [-0.1, -0.05) is 60.7 Å². The van der Waals surface area contributed by atoms with Crippen molar-refractivity contribution in [1.29, 1.82) is 0 Å². The second-order valence-electron chi connectivity index (χ2n) is 7.63. The Bertz CT molecular complexity index is 1130. The minimum absolute atomic E-state index is 0.216. The molecule has 0 spiro atoms. The molecule has 5 heteroatoms. The Morgan fingerprint density at radius 1 is 0.897 bits per heavy atom. The molecule has 29 heavy (non-hydrogen) atoms. The summed E-state index contributed by atoms with van der Waals surface area (Å²) in [4.78, 5) is 43.5. The van der Waals surface area contributed by atoms with Gasteiger partial charge in [0.25, 0.3) is 0 Å². The van der Waals surface area contributed by atoms with E-state index < -0.39 is 0 Å². The first-order valence-electron chi connectivity index (χ1n) is 9.84. The molecule has 2 aliphatic rings. The number of imide groups is 1. The van der Waals surface area contributed by atoms with Crippen molar-refractivity contribution in [3.63, 3.8) is 0 Å². The number of likely N-dealkylation sites (tertiary alicyclic amines) is 1. The smallest absolute Gasteiger partial charge is 0.233 e. The minimum atomic E-state index is -0.322. The number of aromatic amines is 1. The summed E-state index contributed by atoms with van der Waals surface area (Å²) in [5.74, 6) is -1.32. The number of allylic oxidation sites excluding steroid dienone is 2. The number of para-hydroxylation sites is 1. The molecule has 1 aromatic heterocycles. The number of carbonyl (C=O) groups excluding carboxylic acids is 3. The molecule has 5 rings (SSSR count). The number of hydrogen-bond donors (Lipinski definition) is 1. The highest BCUT2D eigenvalue weighted by molar-refractivity contribution is 6.17. The number of aromatic nitrogens is 1. The molecule has 1 aliphatic carbocycles. The number of Topliss-reactive ketones (excluding diaryl/α,β-unsaturated/α-hetero) is 1. The molecule has 1 fully saturated rings. The molecule has 1 saturated heterocycles. The van der Waals surface area contributed by atoms with Crippen LogP contribution in [0.2, 0.25) is 0 Å². The predicted octanol–water partition coefficient (Wildman–Crippen LogP) is 3.97. The van der Waals surface area contributed by atoms with Gasteiger partial charge in [-0.2, -0.15) is 0 Å². The molecule has 0 unspecified atom stereocenters. The third kappa shape index (κ3) is 2.81. The Hall–Kier alpha value is -3.47. The molecule has 2 heterocycles. The van der Waals surface area contributed by atoms with E-state index >= 15 is 0 Å². The van der Waals surface area contributed by atoms with Gasteiger partial charge in [0, 0.05) is 10.9 Å². The van der Waals surface area contributed by atoms with Gasteiger partial charge >= 0.3 is 0 Å². The molecular formula is C24H20N2O3. The fraction of sp³-hybridized carbons (Fsp3) is 0.208. The van der Waals surface area contributed by atoms with Crippen molar-refractivity contribution in [3.05, 3.63) is 72.3 Å². The third-order valence-corrected chi connectivity index (χ3v) is 5.95. The fourth-order valence-corrected chi connectivity index (χ4v) is 4.50. The van der Waals surface area contributed by atoms with Gasteiger partial charge in [-0.15, -0.1) is 0 Å². The Morgan fingerprint density at radius 2 is 1.52 bits per heavy atom. The van der Waals surface area contributed by atoms with Crippen molar-refractivity contribution in [2.45, 2.75) is 12.8 Å². The highest BCUT2D eigenvalue weighted by Gasteiger charge is 2.47. The molecule has 5 nitrogen and oxygen atoms in total. The number of amides is 2. The number of nitrogens with zero attached hydrogens (tertiary/aromatic N) is 1. The maximum Gasteiger partial charge on any atom is 0.233 e. The van der Waals surface area contributed by atoms with Crippen LogP contribution < -0.4 is 0 Å². The fourth-order valence-electron chi connectivity index (χ4n) is 4.50. The normalized spacial score (nSPS) is 21.0. The van der Waals surface area contributed by atoms with Crippen molar-refractivity contribution >= 4 is 28.5 Å². The van der Waals surface area contributed by atoms with Crippen LogP contribution in [0.15, 0.2) is 66.7 Å². The van der Waals surface area contributed by atoms with E-state index in [1.165, 1.54) is 4.90 Å². The molecule has 2 amide bonds. The van der Waals surface area contributed by atoms with Crippen LogP contribution in [0.1, 0.15) is 23.2 Å². The highest BCUT2D eigenvalue weighted by Crippen LogP contribution is 2.36. The lowest BCUT2D eigenvalue weighted by Gasteiger charge is -2.14. The largest absolute Gasteiger partial charge is 0.354 e. The molecule has 1 N–H and O–H groups in total. The summed E-state index contributed by atoms with van der Waals surface area (Å²) in [5.41, 5.74) is 2.99. The number of nitrogens with one attached hydrogen (secondary N) is 1. The van der Waals surface area contributed by atoms with Gasteiger partial charge < -0.3 is 4.98 Å².